The molecule has 0 aliphatic rings. The first kappa shape index (κ1) is 16.3. The maximum absolute atomic E-state index is 11.8. The van der Waals surface area contributed by atoms with Crippen LogP contribution in [0.2, 0.25) is 0 Å². The van der Waals surface area contributed by atoms with Crippen molar-refractivity contribution in [2.45, 2.75) is 19.9 Å². The number of halogens is 1. The van der Waals surface area contributed by atoms with Gasteiger partial charge in [-0.2, -0.15) is 0 Å². The quantitative estimate of drug-likeness (QED) is 0.774. The lowest BCUT2D eigenvalue weighted by Gasteiger charge is -2.08. The molecule has 0 aliphatic carbocycles. The topological polar surface area (TPSA) is 80.3 Å². The second kappa shape index (κ2) is 6.62. The van der Waals surface area contributed by atoms with Crippen LogP contribution < -0.4 is 5.32 Å². The third-order valence-electron chi connectivity index (χ3n) is 2.00. The maximum Gasteiger partial charge on any atom is 0.235 e. The molecule has 8 heteroatoms. The molecule has 0 saturated heterocycles. The summed E-state index contributed by atoms with van der Waals surface area (Å²) in [4.78, 5) is 23.5. The van der Waals surface area contributed by atoms with E-state index in [1.807, 2.05) is 0 Å². The summed E-state index contributed by atoms with van der Waals surface area (Å²) in [6.07, 6.45) is 0. The Morgan fingerprint density at radius 3 is 2.42 bits per heavy atom. The molecule has 0 atom stereocenters. The second-order valence-corrected chi connectivity index (χ2v) is 8.81. The number of ketones is 1. The van der Waals surface area contributed by atoms with E-state index in [2.05, 4.69) is 21.2 Å². The molecule has 0 aromatic carbocycles. The predicted octanol–water partition coefficient (Wildman–Crippen LogP) is 1.63. The van der Waals surface area contributed by atoms with Crippen molar-refractivity contribution in [3.8, 4) is 0 Å². The number of hydrogen-bond donors (Lipinski definition) is 1. The molecule has 0 fully saturated rings. The van der Waals surface area contributed by atoms with E-state index in [4.69, 9.17) is 0 Å². The van der Waals surface area contributed by atoms with Crippen LogP contribution in [0.3, 0.4) is 0 Å². The van der Waals surface area contributed by atoms with Crippen molar-refractivity contribution in [2.24, 2.45) is 0 Å². The first-order valence-electron chi connectivity index (χ1n) is 5.48. The number of carbonyl (C=O) groups is 2. The Morgan fingerprint density at radius 1 is 1.32 bits per heavy atom. The smallest absolute Gasteiger partial charge is 0.235 e. The van der Waals surface area contributed by atoms with E-state index in [0.717, 1.165) is 3.79 Å². The zero-order valence-corrected chi connectivity index (χ0v) is 13.7. The highest BCUT2D eigenvalue weighted by atomic mass is 79.9. The zero-order chi connectivity index (χ0) is 14.6. The van der Waals surface area contributed by atoms with Crippen molar-refractivity contribution >= 4 is 48.8 Å². The van der Waals surface area contributed by atoms with Crippen molar-refractivity contribution < 1.29 is 18.0 Å². The first-order chi connectivity index (χ1) is 8.69. The van der Waals surface area contributed by atoms with E-state index in [1.165, 1.54) is 11.3 Å². The lowest BCUT2D eigenvalue weighted by atomic mass is 10.4. The lowest BCUT2D eigenvalue weighted by Crippen LogP contribution is -2.36. The highest BCUT2D eigenvalue weighted by molar-refractivity contribution is 9.11. The van der Waals surface area contributed by atoms with E-state index in [-0.39, 0.29) is 6.04 Å². The van der Waals surface area contributed by atoms with E-state index >= 15 is 0 Å². The summed E-state index contributed by atoms with van der Waals surface area (Å²) in [5, 5.41) is 2.48. The number of rotatable bonds is 6. The number of amides is 1. The number of carbonyl (C=O) groups excluding carboxylic acids is 2. The third kappa shape index (κ3) is 5.84. The molecule has 1 rings (SSSR count). The molecule has 0 saturated carbocycles. The van der Waals surface area contributed by atoms with E-state index in [1.54, 1.807) is 26.0 Å². The van der Waals surface area contributed by atoms with Gasteiger partial charge in [0.15, 0.2) is 15.6 Å². The second-order valence-electron chi connectivity index (χ2n) is 4.28. The Hall–Kier alpha value is -0.730. The van der Waals surface area contributed by atoms with Crippen LogP contribution >= 0.6 is 27.3 Å². The molecule has 19 heavy (non-hydrogen) atoms. The van der Waals surface area contributed by atoms with Gasteiger partial charge in [0, 0.05) is 6.04 Å². The maximum atomic E-state index is 11.8. The van der Waals surface area contributed by atoms with Gasteiger partial charge in [0.2, 0.25) is 5.91 Å². The average molecular weight is 368 g/mol. The molecule has 5 nitrogen and oxygen atoms in total. The van der Waals surface area contributed by atoms with Crippen LogP contribution in [0.25, 0.3) is 0 Å². The predicted molar refractivity (Wildman–Crippen MR) is 78.3 cm³/mol. The number of nitrogens with one attached hydrogen (secondary N) is 1. The Kier molecular flexibility index (Phi) is 5.69. The molecule has 0 aliphatic heterocycles. The van der Waals surface area contributed by atoms with E-state index < -0.39 is 33.0 Å². The highest BCUT2D eigenvalue weighted by Gasteiger charge is 2.22. The van der Waals surface area contributed by atoms with E-state index in [0.29, 0.717) is 4.88 Å². The van der Waals surface area contributed by atoms with Gasteiger partial charge in [-0.25, -0.2) is 8.42 Å². The minimum atomic E-state index is -3.73. The van der Waals surface area contributed by atoms with Crippen molar-refractivity contribution in [1.82, 2.24) is 5.32 Å². The van der Waals surface area contributed by atoms with Gasteiger partial charge in [-0.3, -0.25) is 9.59 Å². The Morgan fingerprint density at radius 2 is 1.95 bits per heavy atom. The van der Waals surface area contributed by atoms with Gasteiger partial charge in [-0.05, 0) is 41.9 Å². The van der Waals surface area contributed by atoms with Crippen LogP contribution in [0.5, 0.6) is 0 Å². The van der Waals surface area contributed by atoms with Crippen LogP contribution in [-0.4, -0.2) is 37.7 Å². The van der Waals surface area contributed by atoms with Crippen molar-refractivity contribution in [3.05, 3.63) is 20.8 Å². The van der Waals surface area contributed by atoms with Gasteiger partial charge in [-0.15, -0.1) is 11.3 Å². The monoisotopic (exact) mass is 367 g/mol. The molecule has 0 spiro atoms. The van der Waals surface area contributed by atoms with Crippen molar-refractivity contribution in [2.75, 3.05) is 11.5 Å². The van der Waals surface area contributed by atoms with Gasteiger partial charge >= 0.3 is 0 Å². The number of sulfone groups is 1. The Balaban J connectivity index is 2.65. The first-order valence-corrected chi connectivity index (χ1v) is 8.91. The largest absolute Gasteiger partial charge is 0.353 e. The van der Waals surface area contributed by atoms with Gasteiger partial charge in [-0.1, -0.05) is 0 Å². The molecule has 1 aromatic rings. The van der Waals surface area contributed by atoms with Crippen LogP contribution in [0, 0.1) is 0 Å². The summed E-state index contributed by atoms with van der Waals surface area (Å²) in [6, 6.07) is 3.10. The van der Waals surface area contributed by atoms with Crippen molar-refractivity contribution in [3.63, 3.8) is 0 Å². The Bertz CT molecular complexity index is 577. The molecular weight excluding hydrogens is 354 g/mol. The minimum Gasteiger partial charge on any atom is -0.353 e. The number of hydrogen-bond acceptors (Lipinski definition) is 5. The molecule has 0 unspecified atom stereocenters. The number of thiophene rings is 1. The summed E-state index contributed by atoms with van der Waals surface area (Å²) >= 11 is 4.37. The fraction of sp³-hybridized carbons (Fsp3) is 0.455. The summed E-state index contributed by atoms with van der Waals surface area (Å²) < 4.78 is 24.2. The van der Waals surface area contributed by atoms with Crippen LogP contribution in [0.1, 0.15) is 23.5 Å². The van der Waals surface area contributed by atoms with Crippen LogP contribution in [0.4, 0.5) is 0 Å². The van der Waals surface area contributed by atoms with Crippen molar-refractivity contribution in [1.29, 1.82) is 0 Å². The van der Waals surface area contributed by atoms with Gasteiger partial charge in [0.05, 0.1) is 8.66 Å². The SMILES string of the molecule is CC(C)NC(=O)CS(=O)(=O)CC(=O)c1ccc(Br)s1. The molecule has 1 amide bonds. The fourth-order valence-corrected chi connectivity index (χ4v) is 3.90. The van der Waals surface area contributed by atoms with Crippen LogP contribution in [-0.2, 0) is 14.6 Å². The average Bonchev–Trinajstić information content (AvgIpc) is 2.61. The summed E-state index contributed by atoms with van der Waals surface area (Å²) in [6.45, 7) is 3.47. The lowest BCUT2D eigenvalue weighted by molar-refractivity contribution is -0.119. The Labute approximate surface area is 124 Å². The normalized spacial score (nSPS) is 11.6. The minimum absolute atomic E-state index is 0.133. The zero-order valence-electron chi connectivity index (χ0n) is 10.5. The van der Waals surface area contributed by atoms with Gasteiger partial charge in [0.1, 0.15) is 11.5 Å². The molecule has 1 N–H and O–H groups in total. The summed E-state index contributed by atoms with van der Waals surface area (Å²) in [5.41, 5.74) is 0. The molecule has 106 valence electrons. The summed E-state index contributed by atoms with van der Waals surface area (Å²) in [5.74, 6) is -2.39. The van der Waals surface area contributed by atoms with Gasteiger partial charge in [0.25, 0.3) is 0 Å². The molecule has 1 heterocycles. The molecule has 1 aromatic heterocycles. The standard InChI is InChI=1S/C11H14BrNO4S2/c1-7(2)13-11(15)6-19(16,17)5-8(14)9-3-4-10(12)18-9/h3-4,7H,5-6H2,1-2H3,(H,13,15). The molecule has 0 radical (unpaired) electrons. The third-order valence-corrected chi connectivity index (χ3v) is 5.07. The number of Topliss-reactive ketones (excluding diaryl/α,β-unsaturated/α-hetero) is 1. The van der Waals surface area contributed by atoms with Crippen LogP contribution in [0.15, 0.2) is 15.9 Å². The molecule has 0 bridgehead atoms. The summed E-state index contributed by atoms with van der Waals surface area (Å²) in [7, 11) is -3.73. The van der Waals surface area contributed by atoms with Gasteiger partial charge < -0.3 is 5.32 Å². The fourth-order valence-electron chi connectivity index (χ4n) is 1.35. The van der Waals surface area contributed by atoms with E-state index in [9.17, 15) is 18.0 Å². The highest BCUT2D eigenvalue weighted by Crippen LogP contribution is 2.22. The molecular formula is C11H14BrNO4S2.